The van der Waals surface area contributed by atoms with Crippen molar-refractivity contribution in [2.75, 3.05) is 18.4 Å². The van der Waals surface area contributed by atoms with Crippen LogP contribution in [0.15, 0.2) is 18.2 Å². The Morgan fingerprint density at radius 3 is 2.82 bits per heavy atom. The maximum absolute atomic E-state index is 13.3. The fraction of sp³-hybridized carbons (Fsp3) is 0.455. The Kier molecular flexibility index (Phi) is 3.53. The molecule has 2 rings (SSSR count). The summed E-state index contributed by atoms with van der Waals surface area (Å²) < 4.78 is 13.3. The van der Waals surface area contributed by atoms with E-state index in [2.05, 4.69) is 10.6 Å². The van der Waals surface area contributed by atoms with Crippen LogP contribution in [0.1, 0.15) is 12.8 Å². The SMILES string of the molecule is O=[N+]([O-])c1c(F)cccc1NCCNC1CC1. The smallest absolute Gasteiger partial charge is 0.327 e. The van der Waals surface area contributed by atoms with Gasteiger partial charge in [-0.15, -0.1) is 0 Å². The van der Waals surface area contributed by atoms with Gasteiger partial charge in [-0.25, -0.2) is 0 Å². The van der Waals surface area contributed by atoms with Crippen molar-refractivity contribution < 1.29 is 9.31 Å². The fourth-order valence-electron chi connectivity index (χ4n) is 1.60. The van der Waals surface area contributed by atoms with Crippen molar-refractivity contribution in [1.29, 1.82) is 0 Å². The Morgan fingerprint density at radius 1 is 1.41 bits per heavy atom. The molecule has 0 saturated heterocycles. The number of nitrogens with one attached hydrogen (secondary N) is 2. The molecular formula is C11H14FN3O2. The van der Waals surface area contributed by atoms with E-state index in [1.165, 1.54) is 25.0 Å². The van der Waals surface area contributed by atoms with E-state index in [9.17, 15) is 14.5 Å². The highest BCUT2D eigenvalue weighted by Gasteiger charge is 2.21. The molecule has 0 unspecified atom stereocenters. The molecule has 0 atom stereocenters. The molecular weight excluding hydrogens is 225 g/mol. The Balaban J connectivity index is 1.93. The van der Waals surface area contributed by atoms with E-state index in [0.29, 0.717) is 12.6 Å². The minimum atomic E-state index is -0.810. The van der Waals surface area contributed by atoms with Crippen molar-refractivity contribution in [2.24, 2.45) is 0 Å². The van der Waals surface area contributed by atoms with E-state index in [-0.39, 0.29) is 5.69 Å². The van der Waals surface area contributed by atoms with E-state index in [0.717, 1.165) is 12.6 Å². The number of hydrogen-bond acceptors (Lipinski definition) is 4. The number of rotatable bonds is 6. The molecule has 0 spiro atoms. The maximum atomic E-state index is 13.3. The third-order valence-electron chi connectivity index (χ3n) is 2.62. The zero-order valence-electron chi connectivity index (χ0n) is 9.28. The van der Waals surface area contributed by atoms with Crippen molar-refractivity contribution in [3.8, 4) is 0 Å². The second kappa shape index (κ2) is 5.09. The highest BCUT2D eigenvalue weighted by molar-refractivity contribution is 5.61. The van der Waals surface area contributed by atoms with Crippen LogP contribution in [0, 0.1) is 15.9 Å². The predicted molar refractivity (Wildman–Crippen MR) is 62.6 cm³/mol. The Morgan fingerprint density at radius 2 is 2.18 bits per heavy atom. The molecule has 1 saturated carbocycles. The number of nitrogens with zero attached hydrogens (tertiary/aromatic N) is 1. The fourth-order valence-corrected chi connectivity index (χ4v) is 1.60. The molecule has 17 heavy (non-hydrogen) atoms. The van der Waals surface area contributed by atoms with Crippen molar-refractivity contribution in [3.63, 3.8) is 0 Å². The number of hydrogen-bond donors (Lipinski definition) is 2. The first-order chi connectivity index (χ1) is 8.18. The molecule has 2 N–H and O–H groups in total. The molecule has 0 aliphatic heterocycles. The second-order valence-electron chi connectivity index (χ2n) is 4.05. The summed E-state index contributed by atoms with van der Waals surface area (Å²) in [7, 11) is 0. The van der Waals surface area contributed by atoms with Crippen LogP contribution in [0.3, 0.4) is 0 Å². The molecule has 0 amide bonds. The average molecular weight is 239 g/mol. The first-order valence-corrected chi connectivity index (χ1v) is 5.58. The van der Waals surface area contributed by atoms with E-state index < -0.39 is 16.4 Å². The molecule has 1 aliphatic carbocycles. The van der Waals surface area contributed by atoms with E-state index in [1.807, 2.05) is 0 Å². The van der Waals surface area contributed by atoms with Gasteiger partial charge in [0.25, 0.3) is 0 Å². The lowest BCUT2D eigenvalue weighted by molar-refractivity contribution is -0.386. The summed E-state index contributed by atoms with van der Waals surface area (Å²) in [5, 5.41) is 16.8. The second-order valence-corrected chi connectivity index (χ2v) is 4.05. The van der Waals surface area contributed by atoms with E-state index in [4.69, 9.17) is 0 Å². The minimum absolute atomic E-state index is 0.229. The van der Waals surface area contributed by atoms with Gasteiger partial charge in [-0.3, -0.25) is 10.1 Å². The zero-order chi connectivity index (χ0) is 12.3. The average Bonchev–Trinajstić information content (AvgIpc) is 3.07. The number of benzene rings is 1. The summed E-state index contributed by atoms with van der Waals surface area (Å²) in [6.07, 6.45) is 2.39. The minimum Gasteiger partial charge on any atom is -0.378 e. The van der Waals surface area contributed by atoms with Gasteiger partial charge in [-0.1, -0.05) is 6.07 Å². The van der Waals surface area contributed by atoms with Gasteiger partial charge in [0.2, 0.25) is 5.82 Å². The number of anilines is 1. The lowest BCUT2D eigenvalue weighted by Gasteiger charge is -2.07. The normalized spacial score (nSPS) is 14.6. The summed E-state index contributed by atoms with van der Waals surface area (Å²) in [6.45, 7) is 1.26. The lowest BCUT2D eigenvalue weighted by atomic mass is 10.2. The number of nitro groups is 1. The highest BCUT2D eigenvalue weighted by atomic mass is 19.1. The summed E-state index contributed by atoms with van der Waals surface area (Å²) in [5.74, 6) is -0.810. The lowest BCUT2D eigenvalue weighted by Crippen LogP contribution is -2.24. The monoisotopic (exact) mass is 239 g/mol. The van der Waals surface area contributed by atoms with E-state index in [1.54, 1.807) is 0 Å². The quantitative estimate of drug-likeness (QED) is 0.452. The third-order valence-corrected chi connectivity index (χ3v) is 2.62. The van der Waals surface area contributed by atoms with Crippen LogP contribution < -0.4 is 10.6 Å². The number of para-hydroxylation sites is 1. The van der Waals surface area contributed by atoms with Gasteiger partial charge in [0.1, 0.15) is 5.69 Å². The molecule has 0 heterocycles. The molecule has 0 radical (unpaired) electrons. The molecule has 1 aliphatic rings. The van der Waals surface area contributed by atoms with E-state index >= 15 is 0 Å². The molecule has 0 aromatic heterocycles. The largest absolute Gasteiger partial charge is 0.378 e. The topological polar surface area (TPSA) is 67.2 Å². The van der Waals surface area contributed by atoms with Gasteiger partial charge in [0, 0.05) is 19.1 Å². The summed E-state index contributed by atoms with van der Waals surface area (Å²) in [5.41, 5.74) is -0.258. The van der Waals surface area contributed by atoms with Gasteiger partial charge in [-0.2, -0.15) is 4.39 Å². The van der Waals surface area contributed by atoms with Gasteiger partial charge in [-0.05, 0) is 25.0 Å². The molecule has 0 bridgehead atoms. The van der Waals surface area contributed by atoms with Crippen LogP contribution in [0.4, 0.5) is 15.8 Å². The highest BCUT2D eigenvalue weighted by Crippen LogP contribution is 2.26. The van der Waals surface area contributed by atoms with Crippen LogP contribution in [0.25, 0.3) is 0 Å². The third kappa shape index (κ3) is 3.13. The van der Waals surface area contributed by atoms with Crippen LogP contribution >= 0.6 is 0 Å². The maximum Gasteiger partial charge on any atom is 0.327 e. The summed E-state index contributed by atoms with van der Waals surface area (Å²) in [6, 6.07) is 4.66. The van der Waals surface area contributed by atoms with Crippen LogP contribution in [0.5, 0.6) is 0 Å². The first kappa shape index (κ1) is 11.8. The van der Waals surface area contributed by atoms with Gasteiger partial charge >= 0.3 is 5.69 Å². The van der Waals surface area contributed by atoms with Crippen LogP contribution in [0.2, 0.25) is 0 Å². The summed E-state index contributed by atoms with van der Waals surface area (Å²) in [4.78, 5) is 10.0. The van der Waals surface area contributed by atoms with Crippen molar-refractivity contribution in [2.45, 2.75) is 18.9 Å². The molecule has 92 valence electrons. The standard InChI is InChI=1S/C11H14FN3O2/c12-9-2-1-3-10(11(9)15(16)17)14-7-6-13-8-4-5-8/h1-3,8,13-14H,4-7H2. The Bertz CT molecular complexity index is 421. The summed E-state index contributed by atoms with van der Waals surface area (Å²) >= 11 is 0. The van der Waals surface area contributed by atoms with Crippen molar-refractivity contribution in [3.05, 3.63) is 34.1 Å². The number of nitro benzene ring substituents is 1. The zero-order valence-corrected chi connectivity index (χ0v) is 9.28. The van der Waals surface area contributed by atoms with Gasteiger partial charge in [0.05, 0.1) is 4.92 Å². The molecule has 1 aromatic carbocycles. The Labute approximate surface area is 98.2 Å². The molecule has 1 fully saturated rings. The molecule has 6 heteroatoms. The molecule has 1 aromatic rings. The van der Waals surface area contributed by atoms with Gasteiger partial charge < -0.3 is 10.6 Å². The van der Waals surface area contributed by atoms with Gasteiger partial charge in [0.15, 0.2) is 0 Å². The van der Waals surface area contributed by atoms with Crippen molar-refractivity contribution in [1.82, 2.24) is 5.32 Å². The molecule has 5 nitrogen and oxygen atoms in total. The van der Waals surface area contributed by atoms with Crippen LogP contribution in [-0.4, -0.2) is 24.1 Å². The van der Waals surface area contributed by atoms with Crippen LogP contribution in [-0.2, 0) is 0 Å². The first-order valence-electron chi connectivity index (χ1n) is 5.58. The number of halogens is 1. The van der Waals surface area contributed by atoms with Crippen molar-refractivity contribution >= 4 is 11.4 Å². The predicted octanol–water partition coefficient (Wildman–Crippen LogP) is 1.90. The Hall–Kier alpha value is -1.69.